The third kappa shape index (κ3) is 5.97. The van der Waals surface area contributed by atoms with Crippen molar-refractivity contribution in [2.45, 2.75) is 58.2 Å². The van der Waals surface area contributed by atoms with E-state index < -0.39 is 0 Å². The Labute approximate surface area is 238 Å². The predicted octanol–water partition coefficient (Wildman–Crippen LogP) is 4.86. The molecule has 2 aliphatic heterocycles. The molecule has 208 valence electrons. The minimum atomic E-state index is 0.0744. The van der Waals surface area contributed by atoms with E-state index in [1.54, 1.807) is 30.5 Å². The third-order valence-electron chi connectivity index (χ3n) is 7.62. The number of hydrogen-bond acceptors (Lipinski definition) is 9. The summed E-state index contributed by atoms with van der Waals surface area (Å²) in [5, 5.41) is 11.9. The zero-order valence-electron chi connectivity index (χ0n) is 22.5. The molecule has 3 aromatic rings. The molecule has 0 spiro atoms. The van der Waals surface area contributed by atoms with Crippen molar-refractivity contribution < 1.29 is 9.21 Å². The van der Waals surface area contributed by atoms with Crippen LogP contribution in [0.3, 0.4) is 0 Å². The molecule has 0 saturated carbocycles. The van der Waals surface area contributed by atoms with Crippen LogP contribution in [0, 0.1) is 0 Å². The molecule has 0 aliphatic carbocycles. The Kier molecular flexibility index (Phi) is 8.54. The maximum Gasteiger partial charge on any atom is 0.315 e. The van der Waals surface area contributed by atoms with Crippen LogP contribution in [0.25, 0.3) is 11.6 Å². The lowest BCUT2D eigenvalue weighted by Gasteiger charge is -2.50. The van der Waals surface area contributed by atoms with Crippen molar-refractivity contribution in [3.05, 3.63) is 46.2 Å². The number of amides is 1. The second-order valence-corrected chi connectivity index (χ2v) is 10.9. The maximum absolute atomic E-state index is 13.0. The van der Waals surface area contributed by atoms with Crippen LogP contribution in [0.1, 0.15) is 50.4 Å². The molecular weight excluding hydrogens is 539 g/mol. The molecule has 2 aromatic heterocycles. The van der Waals surface area contributed by atoms with E-state index in [1.165, 1.54) is 0 Å². The molecule has 1 aromatic carbocycles. The summed E-state index contributed by atoms with van der Waals surface area (Å²) in [5.41, 5.74) is 1.13. The van der Waals surface area contributed by atoms with Gasteiger partial charge >= 0.3 is 6.01 Å². The van der Waals surface area contributed by atoms with Crippen LogP contribution >= 0.6 is 23.2 Å². The molecule has 0 unspecified atom stereocenters. The molecule has 5 rings (SSSR count). The van der Waals surface area contributed by atoms with Crippen LogP contribution in [-0.2, 0) is 0 Å². The highest BCUT2D eigenvalue weighted by Gasteiger charge is 2.38. The fourth-order valence-electron chi connectivity index (χ4n) is 5.55. The van der Waals surface area contributed by atoms with Crippen LogP contribution in [0.15, 0.2) is 34.9 Å². The summed E-state index contributed by atoms with van der Waals surface area (Å²) in [5.74, 6) is 1.02. The Hall–Kier alpha value is -2.95. The standard InChI is InChI=1S/C27H34Cl2N8O2/c1-4-20-16-36(24-23(29)32-22(14-31-24)25-33-34-27(39-25)30-5-2)17(3)15-37(20)21-10-12-35(13-11-21)26(38)18-6-8-19(28)9-7-18/h6-9,14,17,20-21H,4-5,10-13,15-16H2,1-3H3,(H,30,34)/t17-,20+/m1/s1. The number of benzene rings is 1. The van der Waals surface area contributed by atoms with E-state index in [1.807, 2.05) is 11.8 Å². The quantitative estimate of drug-likeness (QED) is 0.425. The summed E-state index contributed by atoms with van der Waals surface area (Å²) in [4.78, 5) is 29.0. The maximum atomic E-state index is 13.0. The number of aromatic nitrogens is 4. The van der Waals surface area contributed by atoms with Gasteiger partial charge in [-0.25, -0.2) is 9.97 Å². The van der Waals surface area contributed by atoms with Crippen molar-refractivity contribution in [1.82, 2.24) is 30.0 Å². The Morgan fingerprint density at radius 2 is 1.85 bits per heavy atom. The van der Waals surface area contributed by atoms with Gasteiger partial charge in [-0.15, -0.1) is 5.10 Å². The lowest BCUT2D eigenvalue weighted by atomic mass is 9.96. The SMILES string of the molecule is CCNc1nnc(-c2cnc(N3C[C@H](CC)N(C4CCN(C(=O)c5ccc(Cl)cc5)CC4)C[C@H]3C)c(Cl)n2)o1. The number of likely N-dealkylation sites (tertiary alicyclic amines) is 1. The molecule has 0 radical (unpaired) electrons. The monoisotopic (exact) mass is 572 g/mol. The highest BCUT2D eigenvalue weighted by molar-refractivity contribution is 6.31. The molecule has 2 saturated heterocycles. The van der Waals surface area contributed by atoms with E-state index in [0.29, 0.717) is 51.9 Å². The first kappa shape index (κ1) is 27.6. The van der Waals surface area contributed by atoms with E-state index in [-0.39, 0.29) is 17.8 Å². The van der Waals surface area contributed by atoms with Crippen LogP contribution in [-0.4, -0.2) is 86.7 Å². The lowest BCUT2D eigenvalue weighted by molar-refractivity contribution is 0.0435. The van der Waals surface area contributed by atoms with Crippen LogP contribution < -0.4 is 10.2 Å². The van der Waals surface area contributed by atoms with Gasteiger partial charge in [-0.2, -0.15) is 0 Å². The van der Waals surface area contributed by atoms with Crippen LogP contribution in [0.4, 0.5) is 11.8 Å². The topological polar surface area (TPSA) is 104 Å². The Balaban J connectivity index is 1.23. The first-order chi connectivity index (χ1) is 18.9. The van der Waals surface area contributed by atoms with Gasteiger partial charge in [0.1, 0.15) is 5.69 Å². The van der Waals surface area contributed by atoms with E-state index in [2.05, 4.69) is 49.1 Å². The average molecular weight is 574 g/mol. The number of nitrogens with one attached hydrogen (secondary N) is 1. The van der Waals surface area contributed by atoms with Gasteiger partial charge < -0.3 is 19.5 Å². The number of piperazine rings is 1. The van der Waals surface area contributed by atoms with Gasteiger partial charge in [0.05, 0.1) is 6.20 Å². The number of nitrogens with zero attached hydrogens (tertiary/aromatic N) is 7. The number of hydrogen-bond donors (Lipinski definition) is 1. The molecule has 2 atom stereocenters. The Morgan fingerprint density at radius 1 is 1.10 bits per heavy atom. The second kappa shape index (κ2) is 12.1. The summed E-state index contributed by atoms with van der Waals surface area (Å²) in [6.07, 6.45) is 4.55. The van der Waals surface area contributed by atoms with Gasteiger partial charge in [-0.3, -0.25) is 9.69 Å². The Morgan fingerprint density at radius 3 is 2.51 bits per heavy atom. The van der Waals surface area contributed by atoms with Gasteiger partial charge in [0.15, 0.2) is 11.0 Å². The van der Waals surface area contributed by atoms with E-state index in [0.717, 1.165) is 45.4 Å². The van der Waals surface area contributed by atoms with E-state index in [9.17, 15) is 4.79 Å². The van der Waals surface area contributed by atoms with Gasteiger partial charge in [-0.1, -0.05) is 35.2 Å². The van der Waals surface area contributed by atoms with Gasteiger partial charge in [0.25, 0.3) is 11.8 Å². The second-order valence-electron chi connectivity index (χ2n) is 10.1. The number of halogens is 2. The summed E-state index contributed by atoms with van der Waals surface area (Å²) in [6, 6.07) is 8.45. The van der Waals surface area contributed by atoms with Crippen LogP contribution in [0.5, 0.6) is 0 Å². The van der Waals surface area contributed by atoms with Crippen molar-refractivity contribution in [3.63, 3.8) is 0 Å². The van der Waals surface area contributed by atoms with Gasteiger partial charge in [0.2, 0.25) is 0 Å². The van der Waals surface area contributed by atoms with E-state index in [4.69, 9.17) is 27.6 Å². The summed E-state index contributed by atoms with van der Waals surface area (Å²) < 4.78 is 5.59. The van der Waals surface area contributed by atoms with Crippen molar-refractivity contribution >= 4 is 40.9 Å². The first-order valence-corrected chi connectivity index (χ1v) is 14.3. The highest BCUT2D eigenvalue weighted by atomic mass is 35.5. The van der Waals surface area contributed by atoms with Gasteiger partial charge in [-0.05, 0) is 57.4 Å². The van der Waals surface area contributed by atoms with Gasteiger partial charge in [0, 0.05) is 61.4 Å². The molecule has 2 fully saturated rings. The summed E-state index contributed by atoms with van der Waals surface area (Å²) in [7, 11) is 0. The Bertz CT molecular complexity index is 1280. The summed E-state index contributed by atoms with van der Waals surface area (Å²) in [6.45, 7) is 10.2. The smallest absolute Gasteiger partial charge is 0.315 e. The number of rotatable bonds is 7. The van der Waals surface area contributed by atoms with E-state index >= 15 is 0 Å². The van der Waals surface area contributed by atoms with Crippen molar-refractivity contribution in [1.29, 1.82) is 0 Å². The molecular formula is C27H34Cl2N8O2. The first-order valence-electron chi connectivity index (χ1n) is 13.5. The highest BCUT2D eigenvalue weighted by Crippen LogP contribution is 2.32. The van der Waals surface area contributed by atoms with Crippen LogP contribution in [0.2, 0.25) is 10.2 Å². The number of carbonyl (C=O) groups excluding carboxylic acids is 1. The average Bonchev–Trinajstić information content (AvgIpc) is 3.42. The number of piperidine rings is 1. The molecule has 1 N–H and O–H groups in total. The molecule has 2 aliphatic rings. The molecule has 1 amide bonds. The fraction of sp³-hybridized carbons (Fsp3) is 0.519. The van der Waals surface area contributed by atoms with Crippen molar-refractivity contribution in [3.8, 4) is 11.6 Å². The minimum Gasteiger partial charge on any atom is -0.402 e. The predicted molar refractivity (Wildman–Crippen MR) is 152 cm³/mol. The summed E-state index contributed by atoms with van der Waals surface area (Å²) >= 11 is 12.6. The third-order valence-corrected chi connectivity index (χ3v) is 8.13. The molecule has 0 bridgehead atoms. The molecule has 10 nitrogen and oxygen atoms in total. The number of anilines is 2. The minimum absolute atomic E-state index is 0.0744. The lowest BCUT2D eigenvalue weighted by Crippen LogP contribution is -2.62. The van der Waals surface area contributed by atoms with Crippen molar-refractivity contribution in [2.24, 2.45) is 0 Å². The fourth-order valence-corrected chi connectivity index (χ4v) is 5.93. The largest absolute Gasteiger partial charge is 0.402 e. The molecule has 4 heterocycles. The normalized spacial score (nSPS) is 20.8. The van der Waals surface area contributed by atoms with Crippen molar-refractivity contribution in [2.75, 3.05) is 42.9 Å². The zero-order chi connectivity index (χ0) is 27.5. The number of carbonyl (C=O) groups is 1. The molecule has 39 heavy (non-hydrogen) atoms. The zero-order valence-corrected chi connectivity index (χ0v) is 24.0. The molecule has 12 heteroatoms.